The highest BCUT2D eigenvalue weighted by molar-refractivity contribution is 4.11. The summed E-state index contributed by atoms with van der Waals surface area (Å²) in [4.78, 5) is 0. The summed E-state index contributed by atoms with van der Waals surface area (Å²) in [6.07, 6.45) is 0. The molecule has 0 aliphatic heterocycles. The molecule has 0 aromatic rings. The van der Waals surface area contributed by atoms with Crippen LogP contribution in [0.25, 0.3) is 0 Å². The van der Waals surface area contributed by atoms with Gasteiger partial charge in [0.1, 0.15) is 0 Å². The van der Waals surface area contributed by atoms with Crippen LogP contribution in [0.1, 0.15) is 1.43 Å². The molecule has 17 nitrogen and oxygen atoms in total. The first-order chi connectivity index (χ1) is 7.18. The second kappa shape index (κ2) is 141. The molecular formula is H14N8O9-2. The van der Waals surface area contributed by atoms with Gasteiger partial charge in [-0.2, -0.15) is 0 Å². The highest BCUT2D eigenvalue weighted by atomic mass is 16.9. The molecule has 0 fully saturated rings. The molecule has 0 aromatic carbocycles. The number of rotatable bonds is 1. The highest BCUT2D eigenvalue weighted by Crippen LogP contribution is 1.48. The minimum atomic E-state index is -0.681. The van der Waals surface area contributed by atoms with Gasteiger partial charge in [0.05, 0.1) is 10.6 Å². The SMILES string of the molecule is N#N.N[O-].N[O-].O.O.ON=NO.[H+].[O-]NN(O)O. The first-order valence-electron chi connectivity index (χ1n) is 2.10. The van der Waals surface area contributed by atoms with Crippen LogP contribution in [0.15, 0.2) is 10.6 Å². The molecule has 0 amide bonds. The molecule has 0 heterocycles. The van der Waals surface area contributed by atoms with E-state index in [1.807, 2.05) is 10.6 Å². The van der Waals surface area contributed by atoms with Gasteiger partial charge in [-0.15, -0.1) is 0 Å². The van der Waals surface area contributed by atoms with Crippen molar-refractivity contribution in [2.24, 2.45) is 22.3 Å². The van der Waals surface area contributed by atoms with Crippen molar-refractivity contribution in [3.8, 4) is 0 Å². The van der Waals surface area contributed by atoms with E-state index in [2.05, 4.69) is 11.8 Å². The van der Waals surface area contributed by atoms with Crippen LogP contribution in [0.3, 0.4) is 0 Å². The van der Waals surface area contributed by atoms with Crippen molar-refractivity contribution in [1.82, 2.24) is 10.9 Å². The predicted molar refractivity (Wildman–Crippen MR) is 47.2 cm³/mol. The maximum Gasteiger partial charge on any atom is 1.00 e. The molecule has 0 unspecified atom stereocenters. The van der Waals surface area contributed by atoms with Crippen LogP contribution in [0.4, 0.5) is 0 Å². The van der Waals surface area contributed by atoms with Gasteiger partial charge in [-0.1, -0.05) is 0 Å². The molecule has 0 atom stereocenters. The Morgan fingerprint density at radius 1 is 1.00 bits per heavy atom. The standard InChI is InChI=1S/H3N2O3.H2N2O2.N2.2H2NO.2H2O/c3-1-2(4)5;3-1-2-4;3*1-2;;/h1,4-5H;(H,1,4)(H,2,3);;2*1H2;2*1H2/q-1;;;2*-1;;/p+1. The second-order valence-corrected chi connectivity index (χ2v) is 0.560. The Balaban J connectivity index is -0.0000000118. The Bertz CT molecular complexity index is 93.8. The highest BCUT2D eigenvalue weighted by Gasteiger charge is 1.67. The normalized spacial score (nSPS) is 5.76. The smallest absolute Gasteiger partial charge is 0.790 e. The van der Waals surface area contributed by atoms with Gasteiger partial charge in [0.15, 0.2) is 0 Å². The van der Waals surface area contributed by atoms with E-state index < -0.39 is 5.34 Å². The third kappa shape index (κ3) is 1510. The van der Waals surface area contributed by atoms with Crippen molar-refractivity contribution >= 4 is 0 Å². The largest absolute Gasteiger partial charge is 1.00 e. The van der Waals surface area contributed by atoms with Gasteiger partial charge in [0.25, 0.3) is 0 Å². The van der Waals surface area contributed by atoms with E-state index in [4.69, 9.17) is 47.2 Å². The monoisotopic (exact) mass is 270 g/mol. The molecule has 110 valence electrons. The maximum absolute atomic E-state index is 8.81. The first-order valence-corrected chi connectivity index (χ1v) is 2.10. The third-order valence-electron chi connectivity index (χ3n) is 0.122. The van der Waals surface area contributed by atoms with Crippen LogP contribution in [-0.4, -0.2) is 37.1 Å². The summed E-state index contributed by atoms with van der Waals surface area (Å²) in [6.45, 7) is 0. The lowest BCUT2D eigenvalue weighted by Crippen LogP contribution is -2.25. The lowest BCUT2D eigenvalue weighted by atomic mass is 12.6. The van der Waals surface area contributed by atoms with E-state index in [1.54, 1.807) is 0 Å². The summed E-state index contributed by atoms with van der Waals surface area (Å²) in [5, 5.41) is 68.3. The molecule has 0 spiro atoms. The molecule has 0 aromatic heterocycles. The molecule has 0 bridgehead atoms. The maximum atomic E-state index is 8.81. The number of nitrogens with one attached hydrogen (secondary N) is 1. The fourth-order valence-electron chi connectivity index (χ4n) is 0. The van der Waals surface area contributed by atoms with Gasteiger partial charge in [-0.05, 0) is 5.34 Å². The molecule has 13 N–H and O–H groups in total. The van der Waals surface area contributed by atoms with Crippen LogP contribution in [0.5, 0.6) is 0 Å². The first kappa shape index (κ1) is 45.6. The van der Waals surface area contributed by atoms with E-state index >= 15 is 0 Å². The summed E-state index contributed by atoms with van der Waals surface area (Å²) in [5.74, 6) is 6.50. The van der Waals surface area contributed by atoms with Gasteiger partial charge in [0.2, 0.25) is 0 Å². The van der Waals surface area contributed by atoms with Crippen molar-refractivity contribution in [3.63, 3.8) is 0 Å². The lowest BCUT2D eigenvalue weighted by Gasteiger charge is -2.08. The molecule has 17 heteroatoms. The predicted octanol–water partition coefficient (Wildman–Crippen LogP) is -3.33. The summed E-state index contributed by atoms with van der Waals surface area (Å²) in [7, 11) is 0. The zero-order valence-electron chi connectivity index (χ0n) is 8.90. The van der Waals surface area contributed by atoms with Gasteiger partial charge < -0.3 is 48.8 Å². The molecule has 0 rings (SSSR count). The van der Waals surface area contributed by atoms with Crippen molar-refractivity contribution in [2.45, 2.75) is 0 Å². The van der Waals surface area contributed by atoms with E-state index in [1.165, 1.54) is 0 Å². The van der Waals surface area contributed by atoms with E-state index in [0.717, 1.165) is 5.59 Å². The third-order valence-corrected chi connectivity index (χ3v) is 0.122. The molecule has 0 radical (unpaired) electrons. The van der Waals surface area contributed by atoms with Crippen LogP contribution in [-0.2, 0) is 0 Å². The number of nitrogens with two attached hydrogens (primary N) is 2. The molecule has 0 aliphatic rings. The summed E-state index contributed by atoms with van der Waals surface area (Å²) in [6, 6.07) is 0. The number of nitrogens with zero attached hydrogens (tertiary/aromatic N) is 5. The van der Waals surface area contributed by atoms with Crippen LogP contribution in [0, 0.1) is 26.4 Å². The Kier molecular flexibility index (Phi) is 378. The lowest BCUT2D eigenvalue weighted by molar-refractivity contribution is -0.333. The molecular weight excluding hydrogens is 256 g/mol. The van der Waals surface area contributed by atoms with E-state index in [-0.39, 0.29) is 12.4 Å². The quantitative estimate of drug-likeness (QED) is 0.139. The summed E-state index contributed by atoms with van der Waals surface area (Å²) < 4.78 is 0. The second-order valence-electron chi connectivity index (χ2n) is 0.560. The average molecular weight is 270 g/mol. The van der Waals surface area contributed by atoms with Crippen molar-refractivity contribution in [3.05, 3.63) is 15.6 Å². The Morgan fingerprint density at radius 3 is 1.12 bits per heavy atom. The van der Waals surface area contributed by atoms with Gasteiger partial charge in [0, 0.05) is 10.8 Å². The fourth-order valence-corrected chi connectivity index (χ4v) is 0. The minimum Gasteiger partial charge on any atom is -0.790 e. The van der Waals surface area contributed by atoms with E-state index in [0.29, 0.717) is 0 Å². The number of hydrazine groups is 1. The van der Waals surface area contributed by atoms with Crippen LogP contribution >= 0.6 is 0 Å². The molecule has 0 aliphatic carbocycles. The Hall–Kier alpha value is -1.82. The van der Waals surface area contributed by atoms with Gasteiger partial charge in [-0.3, -0.25) is 16.0 Å². The molecule has 0 saturated heterocycles. The van der Waals surface area contributed by atoms with E-state index in [9.17, 15) is 0 Å². The van der Waals surface area contributed by atoms with Gasteiger partial charge in [-0.25, -0.2) is 0 Å². The van der Waals surface area contributed by atoms with Crippen LogP contribution in [0.2, 0.25) is 0 Å². The molecule has 17 heavy (non-hydrogen) atoms. The number of hydrogen-bond donors (Lipinski definition) is 7. The van der Waals surface area contributed by atoms with Crippen molar-refractivity contribution < 1.29 is 33.2 Å². The minimum absolute atomic E-state index is 0. The number of hydrogen-bond acceptors (Lipinski definition) is 13. The zero-order valence-corrected chi connectivity index (χ0v) is 7.90. The zero-order chi connectivity index (χ0) is 13.7. The molecule has 0 saturated carbocycles. The Labute approximate surface area is 94.2 Å². The summed E-state index contributed by atoms with van der Waals surface area (Å²) >= 11 is 0. The average Bonchev–Trinajstić information content (AvgIpc) is 2.36. The van der Waals surface area contributed by atoms with Crippen LogP contribution < -0.4 is 17.4 Å². The Morgan fingerprint density at radius 2 is 1.12 bits per heavy atom. The topological polar surface area (TPSA) is 353 Å². The van der Waals surface area contributed by atoms with Crippen molar-refractivity contribution in [2.75, 3.05) is 0 Å². The fraction of sp³-hybridized carbons (Fsp3) is 0. The van der Waals surface area contributed by atoms with Gasteiger partial charge >= 0.3 is 1.43 Å². The summed E-state index contributed by atoms with van der Waals surface area (Å²) in [5.41, 5.74) is 0.722. The van der Waals surface area contributed by atoms with Crippen molar-refractivity contribution in [1.29, 1.82) is 10.8 Å².